The van der Waals surface area contributed by atoms with Gasteiger partial charge in [-0.3, -0.25) is 0 Å². The van der Waals surface area contributed by atoms with E-state index in [1.165, 1.54) is 0 Å². The summed E-state index contributed by atoms with van der Waals surface area (Å²) in [6, 6.07) is 60.4. The van der Waals surface area contributed by atoms with Crippen LogP contribution in [-0.2, 0) is 0 Å². The number of hydrogen-bond acceptors (Lipinski definition) is 6. The van der Waals surface area contributed by atoms with Gasteiger partial charge >= 0.3 is 0 Å². The van der Waals surface area contributed by atoms with Crippen molar-refractivity contribution in [3.05, 3.63) is 176 Å². The highest BCUT2D eigenvalue weighted by atomic mass is 15.3. The van der Waals surface area contributed by atoms with Crippen molar-refractivity contribution in [2.45, 2.75) is 13.1 Å². The molecule has 0 aliphatic carbocycles. The second-order valence-electron chi connectivity index (χ2n) is 13.2. The van der Waals surface area contributed by atoms with Crippen LogP contribution in [0, 0.1) is 0 Å². The molecule has 1 unspecified atom stereocenters. The molecule has 0 saturated heterocycles. The van der Waals surface area contributed by atoms with Crippen LogP contribution in [0.5, 0.6) is 0 Å². The van der Waals surface area contributed by atoms with E-state index in [0.29, 0.717) is 23.2 Å². The Hall–Kier alpha value is -7.05. The highest BCUT2D eigenvalue weighted by molar-refractivity contribution is 5.95. The normalized spacial score (nSPS) is 13.4. The zero-order chi connectivity index (χ0) is 35.7. The number of nitrogens with zero attached hydrogens (tertiary/aromatic N) is 4. The maximum Gasteiger partial charge on any atom is 0.164 e. The van der Waals surface area contributed by atoms with E-state index < -0.39 is 0 Å². The summed E-state index contributed by atoms with van der Waals surface area (Å²) in [5, 5.41) is 3.64. The zero-order valence-electron chi connectivity index (χ0n) is 29.2. The average Bonchev–Trinajstić information content (AvgIpc) is 3.56. The van der Waals surface area contributed by atoms with Gasteiger partial charge in [-0.2, -0.15) is 0 Å². The molecule has 254 valence electrons. The minimum absolute atomic E-state index is 0.0815. The first kappa shape index (κ1) is 31.9. The summed E-state index contributed by atoms with van der Waals surface area (Å²) in [5.41, 5.74) is 19.8. The number of nitrogen functional groups attached to an aromatic ring is 1. The van der Waals surface area contributed by atoms with Gasteiger partial charge in [0.25, 0.3) is 0 Å². The van der Waals surface area contributed by atoms with E-state index in [1.54, 1.807) is 0 Å². The number of nitrogens with two attached hydrogens (primary N) is 1. The van der Waals surface area contributed by atoms with Crippen molar-refractivity contribution in [1.82, 2.24) is 15.0 Å². The maximum absolute atomic E-state index is 6.51. The molecule has 9 rings (SSSR count). The van der Waals surface area contributed by atoms with E-state index in [2.05, 4.69) is 145 Å². The molecular formula is C47H36N6. The minimum Gasteiger partial charge on any atom is -0.399 e. The lowest BCUT2D eigenvalue weighted by Crippen LogP contribution is -2.28. The molecule has 1 aliphatic heterocycles. The number of anilines is 4. The van der Waals surface area contributed by atoms with Crippen LogP contribution in [0.3, 0.4) is 0 Å². The van der Waals surface area contributed by atoms with Gasteiger partial charge < -0.3 is 16.0 Å². The van der Waals surface area contributed by atoms with Crippen molar-refractivity contribution in [2.75, 3.05) is 16.0 Å². The summed E-state index contributed by atoms with van der Waals surface area (Å²) in [5.74, 6) is 1.83. The van der Waals surface area contributed by atoms with Crippen LogP contribution in [0.1, 0.15) is 6.92 Å². The Morgan fingerprint density at radius 1 is 0.434 bits per heavy atom. The molecular weight excluding hydrogens is 649 g/mol. The van der Waals surface area contributed by atoms with Crippen LogP contribution >= 0.6 is 0 Å². The fourth-order valence-electron chi connectivity index (χ4n) is 7.30. The smallest absolute Gasteiger partial charge is 0.164 e. The molecule has 0 radical (unpaired) electrons. The van der Waals surface area contributed by atoms with Crippen LogP contribution in [0.25, 0.3) is 67.5 Å². The predicted octanol–water partition coefficient (Wildman–Crippen LogP) is 11.4. The molecule has 0 amide bonds. The topological polar surface area (TPSA) is 80.0 Å². The summed E-state index contributed by atoms with van der Waals surface area (Å²) >= 11 is 0. The largest absolute Gasteiger partial charge is 0.399 e. The van der Waals surface area contributed by atoms with Gasteiger partial charge in [0.2, 0.25) is 0 Å². The van der Waals surface area contributed by atoms with E-state index >= 15 is 0 Å². The molecule has 1 aromatic heterocycles. The summed E-state index contributed by atoms with van der Waals surface area (Å²) < 4.78 is 0. The number of benzene rings is 7. The van der Waals surface area contributed by atoms with Crippen molar-refractivity contribution < 1.29 is 0 Å². The van der Waals surface area contributed by atoms with Crippen LogP contribution in [0.15, 0.2) is 176 Å². The highest BCUT2D eigenvalue weighted by Crippen LogP contribution is 2.46. The number of rotatable bonds is 7. The van der Waals surface area contributed by atoms with Gasteiger partial charge in [-0.25, -0.2) is 15.0 Å². The molecule has 0 bridgehead atoms. The number of nitrogens with one attached hydrogen (secondary N) is 1. The summed E-state index contributed by atoms with van der Waals surface area (Å²) in [4.78, 5) is 17.6. The van der Waals surface area contributed by atoms with E-state index in [-0.39, 0.29) is 6.17 Å². The Balaban J connectivity index is 1.19. The molecule has 0 spiro atoms. The lowest BCUT2D eigenvalue weighted by Gasteiger charge is -2.27. The number of hydrogen-bond donors (Lipinski definition) is 2. The van der Waals surface area contributed by atoms with Gasteiger partial charge in [-0.15, -0.1) is 0 Å². The van der Waals surface area contributed by atoms with Gasteiger partial charge in [-0.05, 0) is 71.1 Å². The van der Waals surface area contributed by atoms with Gasteiger partial charge in [0.15, 0.2) is 17.5 Å². The SMILES string of the molecule is CC1Nc2ccccc2N1c1ccccc1-c1ccc(N)cc1-c1cccc(-c2nc(-c3ccccc3)nc(-c3ccccc3-c3ccccc3)n2)c1. The molecule has 0 fully saturated rings. The van der Waals surface area contributed by atoms with Gasteiger partial charge in [0, 0.05) is 27.9 Å². The summed E-state index contributed by atoms with van der Waals surface area (Å²) in [6.07, 6.45) is 0.0815. The molecule has 8 aromatic rings. The Bertz CT molecular complexity index is 2580. The van der Waals surface area contributed by atoms with Crippen molar-refractivity contribution in [3.63, 3.8) is 0 Å². The number of para-hydroxylation sites is 3. The molecule has 53 heavy (non-hydrogen) atoms. The van der Waals surface area contributed by atoms with Crippen LogP contribution < -0.4 is 16.0 Å². The second-order valence-corrected chi connectivity index (χ2v) is 13.2. The van der Waals surface area contributed by atoms with E-state index in [1.807, 2.05) is 48.5 Å². The summed E-state index contributed by atoms with van der Waals surface area (Å²) in [7, 11) is 0. The number of fused-ring (bicyclic) bond motifs is 1. The van der Waals surface area contributed by atoms with Crippen molar-refractivity contribution in [1.29, 1.82) is 0 Å². The first-order chi connectivity index (χ1) is 26.1. The van der Waals surface area contributed by atoms with Crippen LogP contribution in [-0.4, -0.2) is 21.1 Å². The Morgan fingerprint density at radius 3 is 1.77 bits per heavy atom. The molecule has 1 atom stereocenters. The van der Waals surface area contributed by atoms with Gasteiger partial charge in [0.05, 0.1) is 17.1 Å². The highest BCUT2D eigenvalue weighted by Gasteiger charge is 2.28. The quantitative estimate of drug-likeness (QED) is 0.163. The monoisotopic (exact) mass is 684 g/mol. The van der Waals surface area contributed by atoms with E-state index in [4.69, 9.17) is 20.7 Å². The third-order valence-electron chi connectivity index (χ3n) is 9.76. The minimum atomic E-state index is 0.0815. The fourth-order valence-corrected chi connectivity index (χ4v) is 7.30. The standard InChI is InChI=1S/C47H36N6/c1-31-49-42-24-11-13-26-44(42)53(31)43-25-12-10-22-39(43)38-28-27-36(48)30-41(38)34-19-14-20-35(29-34)46-50-45(33-17-6-3-7-18-33)51-47(52-46)40-23-9-8-21-37(40)32-15-4-2-5-16-32/h2-31,49H,48H2,1H3. The molecule has 6 nitrogen and oxygen atoms in total. The third kappa shape index (κ3) is 6.06. The molecule has 1 aliphatic rings. The van der Waals surface area contributed by atoms with Crippen molar-refractivity contribution >= 4 is 22.7 Å². The Kier molecular flexibility index (Phi) is 8.18. The molecule has 7 aromatic carbocycles. The third-order valence-corrected chi connectivity index (χ3v) is 9.76. The van der Waals surface area contributed by atoms with Crippen molar-refractivity contribution in [2.24, 2.45) is 0 Å². The van der Waals surface area contributed by atoms with Crippen LogP contribution in [0.2, 0.25) is 0 Å². The Morgan fingerprint density at radius 2 is 1.00 bits per heavy atom. The molecule has 6 heteroatoms. The zero-order valence-corrected chi connectivity index (χ0v) is 29.2. The lowest BCUT2D eigenvalue weighted by atomic mass is 9.91. The second kappa shape index (κ2) is 13.6. The van der Waals surface area contributed by atoms with Gasteiger partial charge in [-0.1, -0.05) is 140 Å². The molecule has 2 heterocycles. The number of aromatic nitrogens is 3. The Labute approximate surface area is 309 Å². The molecule has 0 saturated carbocycles. The summed E-state index contributed by atoms with van der Waals surface area (Å²) in [6.45, 7) is 2.19. The van der Waals surface area contributed by atoms with Crippen LogP contribution in [0.4, 0.5) is 22.7 Å². The predicted molar refractivity (Wildman–Crippen MR) is 219 cm³/mol. The fraction of sp³-hybridized carbons (Fsp3) is 0.0426. The molecule has 3 N–H and O–H groups in total. The van der Waals surface area contributed by atoms with Crippen molar-refractivity contribution in [3.8, 4) is 67.5 Å². The van der Waals surface area contributed by atoms with E-state index in [9.17, 15) is 0 Å². The first-order valence-corrected chi connectivity index (χ1v) is 17.8. The average molecular weight is 685 g/mol. The van der Waals surface area contributed by atoms with E-state index in [0.717, 1.165) is 67.1 Å². The van der Waals surface area contributed by atoms with Gasteiger partial charge in [0.1, 0.15) is 6.17 Å². The maximum atomic E-state index is 6.51. The first-order valence-electron chi connectivity index (χ1n) is 17.8. The lowest BCUT2D eigenvalue weighted by molar-refractivity contribution is 0.843.